The van der Waals surface area contributed by atoms with E-state index in [1.807, 2.05) is 60.7 Å². The summed E-state index contributed by atoms with van der Waals surface area (Å²) in [6.07, 6.45) is 6.82. The van der Waals surface area contributed by atoms with Crippen molar-refractivity contribution >= 4 is 45.4 Å². The minimum atomic E-state index is -0.218. The van der Waals surface area contributed by atoms with Crippen LogP contribution in [0, 0.1) is 6.92 Å². The highest BCUT2D eigenvalue weighted by molar-refractivity contribution is 6.33. The Bertz CT molecular complexity index is 1330. The maximum atomic E-state index is 13.3. The van der Waals surface area contributed by atoms with Gasteiger partial charge in [-0.15, -0.1) is 0 Å². The van der Waals surface area contributed by atoms with Crippen LogP contribution in [0.5, 0.6) is 0 Å². The molecule has 1 atom stereocenters. The summed E-state index contributed by atoms with van der Waals surface area (Å²) >= 11 is 6.38. The van der Waals surface area contributed by atoms with Crippen LogP contribution in [0.4, 0.5) is 11.4 Å². The molecular weight excluding hydrogens is 426 g/mol. The van der Waals surface area contributed by atoms with Crippen molar-refractivity contribution in [1.29, 1.82) is 0 Å². The molecule has 0 spiro atoms. The molecular formula is C23H26ClN7O. The van der Waals surface area contributed by atoms with Gasteiger partial charge in [0.1, 0.15) is 5.52 Å². The molecule has 1 aliphatic heterocycles. The molecule has 9 heteroatoms. The van der Waals surface area contributed by atoms with Crippen LogP contribution in [0.15, 0.2) is 36.8 Å². The van der Waals surface area contributed by atoms with Crippen LogP contribution in [-0.4, -0.2) is 51.3 Å². The van der Waals surface area contributed by atoms with E-state index < -0.39 is 0 Å². The molecule has 0 unspecified atom stereocenters. The number of carbonyl (C=O) groups excluding carboxylic acids is 1. The first-order valence-electron chi connectivity index (χ1n) is 10.9. The lowest BCUT2D eigenvalue weighted by Crippen LogP contribution is -2.29. The van der Waals surface area contributed by atoms with Crippen LogP contribution in [0.1, 0.15) is 29.4 Å². The number of aromatic nitrogens is 4. The maximum absolute atomic E-state index is 13.3. The average molecular weight is 452 g/mol. The lowest BCUT2D eigenvalue weighted by Gasteiger charge is -2.20. The molecule has 0 radical (unpaired) electrons. The Morgan fingerprint density at radius 1 is 1.28 bits per heavy atom. The van der Waals surface area contributed by atoms with Gasteiger partial charge in [-0.05, 0) is 45.5 Å². The summed E-state index contributed by atoms with van der Waals surface area (Å²) in [6.45, 7) is 6.61. The summed E-state index contributed by atoms with van der Waals surface area (Å²) < 4.78 is 3.71. The van der Waals surface area contributed by atoms with Crippen molar-refractivity contribution in [3.05, 3.63) is 53.1 Å². The number of imidazole rings is 1. The molecule has 1 aliphatic rings. The molecule has 4 aromatic rings. The Hall–Kier alpha value is -3.10. The molecule has 0 aliphatic carbocycles. The Morgan fingerprint density at radius 2 is 2.12 bits per heavy atom. The summed E-state index contributed by atoms with van der Waals surface area (Å²) in [6, 6.07) is 6.10. The zero-order valence-electron chi connectivity index (χ0n) is 18.4. The van der Waals surface area contributed by atoms with Gasteiger partial charge in [-0.3, -0.25) is 9.48 Å². The second-order valence-electron chi connectivity index (χ2n) is 8.24. The third-order valence-corrected chi connectivity index (χ3v) is 6.37. The second-order valence-corrected chi connectivity index (χ2v) is 8.65. The predicted molar refractivity (Wildman–Crippen MR) is 128 cm³/mol. The number of fused-ring (bicyclic) bond motifs is 2. The number of rotatable bonds is 5. The number of likely N-dealkylation sites (N-methyl/N-ethyl adjacent to an activating group) is 1. The van der Waals surface area contributed by atoms with Gasteiger partial charge in [-0.25, -0.2) is 4.98 Å². The van der Waals surface area contributed by atoms with Gasteiger partial charge < -0.3 is 19.9 Å². The number of hydrogen-bond acceptors (Lipinski definition) is 5. The number of anilines is 2. The van der Waals surface area contributed by atoms with Gasteiger partial charge in [-0.2, -0.15) is 5.10 Å². The Kier molecular flexibility index (Phi) is 5.27. The van der Waals surface area contributed by atoms with Crippen molar-refractivity contribution in [3.63, 3.8) is 0 Å². The minimum Gasteiger partial charge on any atom is -0.369 e. The molecule has 4 heterocycles. The summed E-state index contributed by atoms with van der Waals surface area (Å²) in [4.78, 5) is 20.0. The number of nitrogens with one attached hydrogen (secondary N) is 2. The van der Waals surface area contributed by atoms with E-state index in [1.165, 1.54) is 0 Å². The van der Waals surface area contributed by atoms with Crippen LogP contribution in [-0.2, 0) is 6.54 Å². The van der Waals surface area contributed by atoms with E-state index in [9.17, 15) is 4.79 Å². The van der Waals surface area contributed by atoms with Crippen LogP contribution in [0.2, 0.25) is 5.02 Å². The van der Waals surface area contributed by atoms with Crippen molar-refractivity contribution in [1.82, 2.24) is 24.5 Å². The van der Waals surface area contributed by atoms with Crippen LogP contribution in [0.25, 0.3) is 16.6 Å². The summed E-state index contributed by atoms with van der Waals surface area (Å²) in [5.41, 5.74) is 4.50. The first-order chi connectivity index (χ1) is 15.5. The highest BCUT2D eigenvalue weighted by Crippen LogP contribution is 2.32. The largest absolute Gasteiger partial charge is 0.369 e. The van der Waals surface area contributed by atoms with Crippen molar-refractivity contribution in [3.8, 4) is 0 Å². The number of hydrogen-bond donors (Lipinski definition) is 2. The molecule has 3 aromatic heterocycles. The minimum absolute atomic E-state index is 0.218. The molecule has 2 N–H and O–H groups in total. The lowest BCUT2D eigenvalue weighted by atomic mass is 10.1. The molecule has 1 aromatic carbocycles. The Balaban J connectivity index is 1.50. The molecule has 0 bridgehead atoms. The molecule has 0 saturated carbocycles. The van der Waals surface area contributed by atoms with Crippen molar-refractivity contribution in [2.75, 3.05) is 30.4 Å². The zero-order valence-corrected chi connectivity index (χ0v) is 19.1. The van der Waals surface area contributed by atoms with Gasteiger partial charge in [0, 0.05) is 55.3 Å². The third-order valence-electron chi connectivity index (χ3n) is 6.09. The topological polar surface area (TPSA) is 79.5 Å². The lowest BCUT2D eigenvalue weighted by molar-refractivity contribution is 0.102. The van der Waals surface area contributed by atoms with Crippen LogP contribution in [0.3, 0.4) is 0 Å². The number of amides is 1. The van der Waals surface area contributed by atoms with E-state index in [0.717, 1.165) is 42.8 Å². The van der Waals surface area contributed by atoms with E-state index in [0.29, 0.717) is 33.5 Å². The zero-order chi connectivity index (χ0) is 22.4. The number of pyridine rings is 1. The van der Waals surface area contributed by atoms with Crippen LogP contribution < -0.4 is 15.5 Å². The number of halogens is 1. The normalized spacial score (nSPS) is 16.4. The Labute approximate surface area is 191 Å². The first-order valence-corrected chi connectivity index (χ1v) is 11.2. The van der Waals surface area contributed by atoms with Gasteiger partial charge in [-0.1, -0.05) is 11.6 Å². The van der Waals surface area contributed by atoms with Crippen molar-refractivity contribution in [2.24, 2.45) is 0 Å². The number of benzene rings is 1. The number of nitrogens with zero attached hydrogens (tertiary/aromatic N) is 5. The highest BCUT2D eigenvalue weighted by atomic mass is 35.5. The van der Waals surface area contributed by atoms with E-state index in [1.54, 1.807) is 6.07 Å². The fourth-order valence-corrected chi connectivity index (χ4v) is 4.68. The van der Waals surface area contributed by atoms with E-state index >= 15 is 0 Å². The van der Waals surface area contributed by atoms with E-state index in [4.69, 9.17) is 16.7 Å². The standard InChI is InChI=1S/C23H26ClN7O/c1-4-31-13-18-20(29-8-7-15(11-29)25-3)6-5-17(21(18)28-31)23(32)27-16-9-19(24)22-26-14(2)10-30(22)12-16/h5-6,9-10,12-13,15,25H,4,7-8,11H2,1-3H3,(H,27,32)/t15-/m1/s1. The number of carbonyl (C=O) groups is 1. The summed E-state index contributed by atoms with van der Waals surface area (Å²) in [7, 11) is 2.00. The number of aryl methyl sites for hydroxylation is 2. The van der Waals surface area contributed by atoms with Gasteiger partial charge in [0.05, 0.1) is 22.0 Å². The fraction of sp³-hybridized carbons (Fsp3) is 0.348. The van der Waals surface area contributed by atoms with Gasteiger partial charge in [0.25, 0.3) is 5.91 Å². The molecule has 166 valence electrons. The molecule has 1 amide bonds. The molecule has 1 saturated heterocycles. The quantitative estimate of drug-likeness (QED) is 0.483. The van der Waals surface area contributed by atoms with Crippen molar-refractivity contribution in [2.45, 2.75) is 32.9 Å². The summed E-state index contributed by atoms with van der Waals surface area (Å²) in [5, 5.41) is 12.5. The SMILES string of the molecule is CCn1cc2c(N3CC[C@@H](NC)C3)ccc(C(=O)Nc3cc(Cl)c4nc(C)cn4c3)c2n1. The smallest absolute Gasteiger partial charge is 0.257 e. The third kappa shape index (κ3) is 3.59. The Morgan fingerprint density at radius 3 is 2.88 bits per heavy atom. The first kappa shape index (κ1) is 20.8. The van der Waals surface area contributed by atoms with Gasteiger partial charge in [0.15, 0.2) is 5.65 Å². The molecule has 8 nitrogen and oxygen atoms in total. The van der Waals surface area contributed by atoms with Crippen molar-refractivity contribution < 1.29 is 4.79 Å². The van der Waals surface area contributed by atoms with Crippen LogP contribution >= 0.6 is 11.6 Å². The maximum Gasteiger partial charge on any atom is 0.257 e. The fourth-order valence-electron chi connectivity index (χ4n) is 4.42. The van der Waals surface area contributed by atoms with E-state index in [-0.39, 0.29) is 5.91 Å². The summed E-state index contributed by atoms with van der Waals surface area (Å²) in [5.74, 6) is -0.218. The molecule has 1 fully saturated rings. The predicted octanol–water partition coefficient (Wildman–Crippen LogP) is 3.72. The molecule has 5 rings (SSSR count). The van der Waals surface area contributed by atoms with E-state index in [2.05, 4.69) is 20.5 Å². The second kappa shape index (κ2) is 8.11. The molecule has 32 heavy (non-hydrogen) atoms. The van der Waals surface area contributed by atoms with Gasteiger partial charge >= 0.3 is 0 Å². The van der Waals surface area contributed by atoms with Gasteiger partial charge in [0.2, 0.25) is 0 Å². The highest BCUT2D eigenvalue weighted by Gasteiger charge is 2.25. The average Bonchev–Trinajstić information content (AvgIpc) is 3.50. The monoisotopic (exact) mass is 451 g/mol.